The quantitative estimate of drug-likeness (QED) is 0.901. The van der Waals surface area contributed by atoms with Gasteiger partial charge in [0.05, 0.1) is 5.56 Å². The number of amides is 1. The van der Waals surface area contributed by atoms with Gasteiger partial charge in [-0.1, -0.05) is 17.7 Å². The standard InChI is InChI=1S/C15H15ClFN3O/c1-3-18-14-13(17)11(6-7-19-14)15(21)20-10-5-4-9(2)12(16)8-10/h4-8H,3H2,1-2H3,(H,18,19)(H,20,21). The van der Waals surface area contributed by atoms with Gasteiger partial charge in [0.15, 0.2) is 11.6 Å². The third-order valence-electron chi connectivity index (χ3n) is 2.91. The molecule has 2 N–H and O–H groups in total. The van der Waals surface area contributed by atoms with Crippen molar-refractivity contribution in [2.24, 2.45) is 0 Å². The van der Waals surface area contributed by atoms with E-state index in [2.05, 4.69) is 15.6 Å². The summed E-state index contributed by atoms with van der Waals surface area (Å²) in [7, 11) is 0. The van der Waals surface area contributed by atoms with Crippen LogP contribution < -0.4 is 10.6 Å². The summed E-state index contributed by atoms with van der Waals surface area (Å²) in [6.07, 6.45) is 1.39. The minimum absolute atomic E-state index is 0.0621. The van der Waals surface area contributed by atoms with Crippen LogP contribution in [-0.2, 0) is 0 Å². The molecule has 0 unspecified atom stereocenters. The first-order valence-electron chi connectivity index (χ1n) is 6.48. The summed E-state index contributed by atoms with van der Waals surface area (Å²) >= 11 is 6.00. The molecule has 2 aromatic rings. The maximum atomic E-state index is 14.1. The molecule has 0 aliphatic rings. The second-order valence-electron chi connectivity index (χ2n) is 4.47. The van der Waals surface area contributed by atoms with Crippen molar-refractivity contribution in [3.8, 4) is 0 Å². The van der Waals surface area contributed by atoms with Crippen molar-refractivity contribution in [2.75, 3.05) is 17.2 Å². The molecule has 0 aliphatic heterocycles. The van der Waals surface area contributed by atoms with Gasteiger partial charge in [-0.3, -0.25) is 4.79 Å². The first kappa shape index (κ1) is 15.3. The van der Waals surface area contributed by atoms with Gasteiger partial charge in [0, 0.05) is 23.5 Å². The van der Waals surface area contributed by atoms with E-state index in [-0.39, 0.29) is 11.4 Å². The lowest BCUT2D eigenvalue weighted by Gasteiger charge is -2.10. The molecule has 0 saturated carbocycles. The van der Waals surface area contributed by atoms with Gasteiger partial charge in [0.2, 0.25) is 0 Å². The summed E-state index contributed by atoms with van der Waals surface area (Å²) in [5.41, 5.74) is 1.34. The summed E-state index contributed by atoms with van der Waals surface area (Å²) in [4.78, 5) is 16.0. The first-order valence-corrected chi connectivity index (χ1v) is 6.86. The van der Waals surface area contributed by atoms with E-state index in [4.69, 9.17) is 11.6 Å². The van der Waals surface area contributed by atoms with Gasteiger partial charge < -0.3 is 10.6 Å². The summed E-state index contributed by atoms with van der Waals surface area (Å²) in [5, 5.41) is 5.92. The van der Waals surface area contributed by atoms with E-state index in [1.807, 2.05) is 13.8 Å². The number of aromatic nitrogens is 1. The van der Waals surface area contributed by atoms with Crippen LogP contribution in [0.15, 0.2) is 30.5 Å². The molecule has 6 heteroatoms. The van der Waals surface area contributed by atoms with Gasteiger partial charge in [-0.2, -0.15) is 0 Å². The molecular formula is C15H15ClFN3O. The number of carbonyl (C=O) groups excluding carboxylic acids is 1. The highest BCUT2D eigenvalue weighted by atomic mass is 35.5. The third-order valence-corrected chi connectivity index (χ3v) is 3.31. The Bertz CT molecular complexity index is 676. The summed E-state index contributed by atoms with van der Waals surface area (Å²) in [6.45, 7) is 4.20. The highest BCUT2D eigenvalue weighted by Gasteiger charge is 2.16. The van der Waals surface area contributed by atoms with Crippen LogP contribution in [0.2, 0.25) is 5.02 Å². The molecule has 0 atom stereocenters. The molecule has 0 saturated heterocycles. The Balaban J connectivity index is 2.24. The van der Waals surface area contributed by atoms with Crippen LogP contribution in [-0.4, -0.2) is 17.4 Å². The van der Waals surface area contributed by atoms with E-state index in [0.29, 0.717) is 17.3 Å². The van der Waals surface area contributed by atoms with Crippen LogP contribution in [0.1, 0.15) is 22.8 Å². The summed E-state index contributed by atoms with van der Waals surface area (Å²) in [6, 6.07) is 6.45. The second kappa shape index (κ2) is 6.54. The molecule has 4 nitrogen and oxygen atoms in total. The van der Waals surface area contributed by atoms with E-state index in [0.717, 1.165) is 5.56 Å². The van der Waals surface area contributed by atoms with Crippen molar-refractivity contribution in [1.82, 2.24) is 4.98 Å². The lowest BCUT2D eigenvalue weighted by molar-refractivity contribution is 0.102. The Morgan fingerprint density at radius 1 is 1.38 bits per heavy atom. The van der Waals surface area contributed by atoms with Crippen LogP contribution in [0, 0.1) is 12.7 Å². The molecule has 0 radical (unpaired) electrons. The van der Waals surface area contributed by atoms with E-state index >= 15 is 0 Å². The molecule has 0 aliphatic carbocycles. The van der Waals surface area contributed by atoms with Gasteiger partial charge in [-0.05, 0) is 37.6 Å². The Kier molecular flexibility index (Phi) is 4.75. The van der Waals surface area contributed by atoms with Crippen LogP contribution >= 0.6 is 11.6 Å². The Morgan fingerprint density at radius 3 is 2.81 bits per heavy atom. The fourth-order valence-electron chi connectivity index (χ4n) is 1.78. The summed E-state index contributed by atoms with van der Waals surface area (Å²) < 4.78 is 14.1. The lowest BCUT2D eigenvalue weighted by atomic mass is 10.2. The number of hydrogen-bond donors (Lipinski definition) is 2. The number of anilines is 2. The predicted molar refractivity (Wildman–Crippen MR) is 82.5 cm³/mol. The van der Waals surface area contributed by atoms with Crippen molar-refractivity contribution in [3.63, 3.8) is 0 Å². The molecule has 0 bridgehead atoms. The van der Waals surface area contributed by atoms with Crippen LogP contribution in [0.5, 0.6) is 0 Å². The number of nitrogens with one attached hydrogen (secondary N) is 2. The molecule has 110 valence electrons. The normalized spacial score (nSPS) is 10.3. The second-order valence-corrected chi connectivity index (χ2v) is 4.88. The molecule has 1 aromatic heterocycles. The SMILES string of the molecule is CCNc1nccc(C(=O)Nc2ccc(C)c(Cl)c2)c1F. The zero-order chi connectivity index (χ0) is 15.4. The predicted octanol–water partition coefficient (Wildman–Crippen LogP) is 3.87. The fraction of sp³-hybridized carbons (Fsp3) is 0.200. The molecule has 1 heterocycles. The number of rotatable bonds is 4. The zero-order valence-electron chi connectivity index (χ0n) is 11.7. The van der Waals surface area contributed by atoms with E-state index in [1.54, 1.807) is 18.2 Å². The van der Waals surface area contributed by atoms with E-state index < -0.39 is 11.7 Å². The third kappa shape index (κ3) is 3.49. The molecular weight excluding hydrogens is 293 g/mol. The average Bonchev–Trinajstić information content (AvgIpc) is 2.45. The van der Waals surface area contributed by atoms with Crippen molar-refractivity contribution in [2.45, 2.75) is 13.8 Å². The molecule has 1 amide bonds. The number of pyridine rings is 1. The number of halogens is 2. The minimum Gasteiger partial charge on any atom is -0.368 e. The van der Waals surface area contributed by atoms with Gasteiger partial charge in [-0.15, -0.1) is 0 Å². The van der Waals surface area contributed by atoms with Gasteiger partial charge in [0.1, 0.15) is 0 Å². The number of carbonyl (C=O) groups is 1. The number of nitrogens with zero attached hydrogens (tertiary/aromatic N) is 1. The van der Waals surface area contributed by atoms with Crippen molar-refractivity contribution in [1.29, 1.82) is 0 Å². The molecule has 0 fully saturated rings. The zero-order valence-corrected chi connectivity index (χ0v) is 12.5. The summed E-state index contributed by atoms with van der Waals surface area (Å²) in [5.74, 6) is -1.16. The largest absolute Gasteiger partial charge is 0.368 e. The van der Waals surface area contributed by atoms with Gasteiger partial charge >= 0.3 is 0 Å². The van der Waals surface area contributed by atoms with E-state index in [1.165, 1.54) is 12.3 Å². The van der Waals surface area contributed by atoms with Crippen molar-refractivity contribution in [3.05, 3.63) is 52.4 Å². The highest BCUT2D eigenvalue weighted by Crippen LogP contribution is 2.21. The Morgan fingerprint density at radius 2 is 2.14 bits per heavy atom. The van der Waals surface area contributed by atoms with Crippen molar-refractivity contribution < 1.29 is 9.18 Å². The number of aryl methyl sites for hydroxylation is 1. The Hall–Kier alpha value is -2.14. The minimum atomic E-state index is -0.671. The van der Waals surface area contributed by atoms with Crippen LogP contribution in [0.4, 0.5) is 15.9 Å². The number of hydrogen-bond acceptors (Lipinski definition) is 3. The maximum Gasteiger partial charge on any atom is 0.258 e. The van der Waals surface area contributed by atoms with Crippen LogP contribution in [0.25, 0.3) is 0 Å². The number of benzene rings is 1. The topological polar surface area (TPSA) is 54.0 Å². The smallest absolute Gasteiger partial charge is 0.258 e. The van der Waals surface area contributed by atoms with Gasteiger partial charge in [0.25, 0.3) is 5.91 Å². The average molecular weight is 308 g/mol. The van der Waals surface area contributed by atoms with Crippen molar-refractivity contribution >= 4 is 29.0 Å². The molecule has 0 spiro atoms. The van der Waals surface area contributed by atoms with Gasteiger partial charge in [-0.25, -0.2) is 9.37 Å². The highest BCUT2D eigenvalue weighted by molar-refractivity contribution is 6.31. The lowest BCUT2D eigenvalue weighted by Crippen LogP contribution is -2.15. The van der Waals surface area contributed by atoms with Crippen LogP contribution in [0.3, 0.4) is 0 Å². The molecule has 1 aromatic carbocycles. The fourth-order valence-corrected chi connectivity index (χ4v) is 1.96. The molecule has 21 heavy (non-hydrogen) atoms. The molecule has 2 rings (SSSR count). The van der Waals surface area contributed by atoms with E-state index in [9.17, 15) is 9.18 Å². The first-order chi connectivity index (χ1) is 10.0. The Labute approximate surface area is 127 Å². The monoisotopic (exact) mass is 307 g/mol. The maximum absolute atomic E-state index is 14.1.